The molecule has 0 saturated heterocycles. The van der Waals surface area contributed by atoms with Crippen LogP contribution in [0.1, 0.15) is 25.8 Å². The van der Waals surface area contributed by atoms with Gasteiger partial charge in [-0.2, -0.15) is 0 Å². The number of alkyl halides is 3. The van der Waals surface area contributed by atoms with Crippen LogP contribution in [0.25, 0.3) is 0 Å². The van der Waals surface area contributed by atoms with Crippen LogP contribution in [-0.4, -0.2) is 34.9 Å². The highest BCUT2D eigenvalue weighted by molar-refractivity contribution is 5.66. The summed E-state index contributed by atoms with van der Waals surface area (Å²) in [4.78, 5) is 12.5. The summed E-state index contributed by atoms with van der Waals surface area (Å²) < 4.78 is 40.4. The van der Waals surface area contributed by atoms with E-state index in [1.807, 2.05) is 18.7 Å². The van der Waals surface area contributed by atoms with E-state index in [4.69, 9.17) is 5.11 Å². The van der Waals surface area contributed by atoms with Crippen molar-refractivity contribution in [1.29, 1.82) is 0 Å². The third-order valence-corrected chi connectivity index (χ3v) is 2.86. The Morgan fingerprint density at radius 3 is 2.57 bits per heavy atom. The number of rotatable bonds is 7. The summed E-state index contributed by atoms with van der Waals surface area (Å²) in [7, 11) is 0. The summed E-state index contributed by atoms with van der Waals surface area (Å²) in [6, 6.07) is 5.78. The quantitative estimate of drug-likeness (QED) is 0.840. The lowest BCUT2D eigenvalue weighted by Crippen LogP contribution is -2.32. The summed E-state index contributed by atoms with van der Waals surface area (Å²) in [5.41, 5.74) is 0.635. The van der Waals surface area contributed by atoms with Gasteiger partial charge in [0.15, 0.2) is 0 Å². The van der Waals surface area contributed by atoms with Gasteiger partial charge in [0.2, 0.25) is 0 Å². The van der Waals surface area contributed by atoms with Crippen LogP contribution < -0.4 is 4.74 Å². The minimum atomic E-state index is -4.72. The standard InChI is InChI=1S/C14H18F3NO3/c1-10(2)18(7-6-13(19)20)9-11-4-3-5-12(8-11)21-14(15,16)17/h3-5,8,10H,6-7,9H2,1-2H3,(H,19,20). The molecule has 0 aliphatic rings. The molecule has 118 valence electrons. The van der Waals surface area contributed by atoms with Crippen LogP contribution >= 0.6 is 0 Å². The minimum absolute atomic E-state index is 0.0169. The Kier molecular flexibility index (Phi) is 6.02. The molecule has 0 aliphatic heterocycles. The van der Waals surface area contributed by atoms with Crippen molar-refractivity contribution in [3.8, 4) is 5.75 Å². The predicted molar refractivity (Wildman–Crippen MR) is 70.9 cm³/mol. The fourth-order valence-corrected chi connectivity index (χ4v) is 1.83. The SMILES string of the molecule is CC(C)N(CCC(=O)O)Cc1cccc(OC(F)(F)F)c1. The molecular weight excluding hydrogens is 287 g/mol. The monoisotopic (exact) mass is 305 g/mol. The summed E-state index contributed by atoms with van der Waals surface area (Å²) in [5.74, 6) is -1.18. The summed E-state index contributed by atoms with van der Waals surface area (Å²) in [5, 5.41) is 8.71. The Morgan fingerprint density at radius 2 is 2.05 bits per heavy atom. The Labute approximate surface area is 121 Å². The Bertz CT molecular complexity index is 475. The van der Waals surface area contributed by atoms with E-state index in [1.54, 1.807) is 6.07 Å². The van der Waals surface area contributed by atoms with E-state index in [2.05, 4.69) is 4.74 Å². The second-order valence-electron chi connectivity index (χ2n) is 4.90. The molecule has 0 amide bonds. The van der Waals surface area contributed by atoms with Gasteiger partial charge in [-0.1, -0.05) is 12.1 Å². The number of hydrogen-bond donors (Lipinski definition) is 1. The van der Waals surface area contributed by atoms with Crippen molar-refractivity contribution in [2.45, 2.75) is 39.2 Å². The molecule has 0 saturated carbocycles. The number of nitrogens with zero attached hydrogens (tertiary/aromatic N) is 1. The van der Waals surface area contributed by atoms with Crippen molar-refractivity contribution in [1.82, 2.24) is 4.90 Å². The molecule has 0 fully saturated rings. The Morgan fingerprint density at radius 1 is 1.38 bits per heavy atom. The summed E-state index contributed by atoms with van der Waals surface area (Å²) >= 11 is 0. The van der Waals surface area contributed by atoms with E-state index in [9.17, 15) is 18.0 Å². The average molecular weight is 305 g/mol. The zero-order valence-electron chi connectivity index (χ0n) is 11.9. The summed E-state index contributed by atoms with van der Waals surface area (Å²) in [6.45, 7) is 4.49. The van der Waals surface area contributed by atoms with Crippen molar-refractivity contribution in [2.24, 2.45) is 0 Å². The van der Waals surface area contributed by atoms with Crippen LogP contribution in [-0.2, 0) is 11.3 Å². The zero-order valence-corrected chi connectivity index (χ0v) is 11.9. The van der Waals surface area contributed by atoms with Gasteiger partial charge < -0.3 is 9.84 Å². The number of halogens is 3. The molecule has 0 heterocycles. The van der Waals surface area contributed by atoms with Crippen LogP contribution in [0.15, 0.2) is 24.3 Å². The second-order valence-corrected chi connectivity index (χ2v) is 4.90. The number of aliphatic carboxylic acids is 1. The molecule has 0 aromatic heterocycles. The molecule has 4 nitrogen and oxygen atoms in total. The lowest BCUT2D eigenvalue weighted by atomic mass is 10.1. The van der Waals surface area contributed by atoms with Crippen LogP contribution in [0.2, 0.25) is 0 Å². The van der Waals surface area contributed by atoms with E-state index in [1.165, 1.54) is 18.2 Å². The Balaban J connectivity index is 2.75. The molecule has 0 spiro atoms. The van der Waals surface area contributed by atoms with Gasteiger partial charge in [-0.3, -0.25) is 9.69 Å². The maximum atomic E-state index is 12.2. The minimum Gasteiger partial charge on any atom is -0.481 e. The van der Waals surface area contributed by atoms with E-state index in [0.717, 1.165) is 0 Å². The molecule has 21 heavy (non-hydrogen) atoms. The zero-order chi connectivity index (χ0) is 16.0. The second kappa shape index (κ2) is 7.31. The first-order chi connectivity index (χ1) is 9.67. The van der Waals surface area contributed by atoms with Crippen molar-refractivity contribution < 1.29 is 27.8 Å². The Hall–Kier alpha value is -1.76. The lowest BCUT2D eigenvalue weighted by Gasteiger charge is -2.26. The predicted octanol–water partition coefficient (Wildman–Crippen LogP) is 3.27. The third-order valence-electron chi connectivity index (χ3n) is 2.86. The molecule has 0 bridgehead atoms. The number of carbonyl (C=O) groups is 1. The van der Waals surface area contributed by atoms with Crippen molar-refractivity contribution in [3.05, 3.63) is 29.8 Å². The van der Waals surface area contributed by atoms with Crippen LogP contribution in [0.3, 0.4) is 0 Å². The van der Waals surface area contributed by atoms with Crippen LogP contribution in [0.4, 0.5) is 13.2 Å². The lowest BCUT2D eigenvalue weighted by molar-refractivity contribution is -0.274. The van der Waals surface area contributed by atoms with Gasteiger partial charge in [-0.05, 0) is 31.5 Å². The van der Waals surface area contributed by atoms with Crippen molar-refractivity contribution in [3.63, 3.8) is 0 Å². The molecule has 0 atom stereocenters. The highest BCUT2D eigenvalue weighted by atomic mass is 19.4. The van der Waals surface area contributed by atoms with E-state index < -0.39 is 12.3 Å². The third kappa shape index (κ3) is 6.99. The molecule has 7 heteroatoms. The van der Waals surface area contributed by atoms with Crippen LogP contribution in [0.5, 0.6) is 5.75 Å². The molecule has 1 N–H and O–H groups in total. The molecule has 1 aromatic rings. The van der Waals surface area contributed by atoms with Gasteiger partial charge in [0.05, 0.1) is 6.42 Å². The largest absolute Gasteiger partial charge is 0.573 e. The van der Waals surface area contributed by atoms with E-state index >= 15 is 0 Å². The van der Waals surface area contributed by atoms with Gasteiger partial charge in [0.25, 0.3) is 0 Å². The first-order valence-electron chi connectivity index (χ1n) is 6.48. The van der Waals surface area contributed by atoms with Gasteiger partial charge in [-0.25, -0.2) is 0 Å². The average Bonchev–Trinajstić information content (AvgIpc) is 2.32. The maximum absolute atomic E-state index is 12.2. The number of hydrogen-bond acceptors (Lipinski definition) is 3. The first kappa shape index (κ1) is 17.3. The fraction of sp³-hybridized carbons (Fsp3) is 0.500. The molecular formula is C14H18F3NO3. The molecule has 1 aromatic carbocycles. The smallest absolute Gasteiger partial charge is 0.481 e. The van der Waals surface area contributed by atoms with Crippen molar-refractivity contribution >= 4 is 5.97 Å². The van der Waals surface area contributed by atoms with Crippen molar-refractivity contribution in [2.75, 3.05) is 6.54 Å². The van der Waals surface area contributed by atoms with E-state index in [0.29, 0.717) is 18.7 Å². The van der Waals surface area contributed by atoms with E-state index in [-0.39, 0.29) is 18.2 Å². The first-order valence-corrected chi connectivity index (χ1v) is 6.48. The highest BCUT2D eigenvalue weighted by Gasteiger charge is 2.31. The highest BCUT2D eigenvalue weighted by Crippen LogP contribution is 2.24. The topological polar surface area (TPSA) is 49.8 Å². The van der Waals surface area contributed by atoms with Gasteiger partial charge in [0, 0.05) is 19.1 Å². The number of benzene rings is 1. The van der Waals surface area contributed by atoms with Gasteiger partial charge in [-0.15, -0.1) is 13.2 Å². The summed E-state index contributed by atoms with van der Waals surface area (Å²) in [6.07, 6.45) is -4.74. The normalized spacial score (nSPS) is 12.0. The van der Waals surface area contributed by atoms with Crippen LogP contribution in [0, 0.1) is 0 Å². The number of ether oxygens (including phenoxy) is 1. The molecule has 0 radical (unpaired) electrons. The van der Waals surface area contributed by atoms with Gasteiger partial charge >= 0.3 is 12.3 Å². The number of carboxylic acids is 1. The molecule has 1 rings (SSSR count). The van der Waals surface area contributed by atoms with Gasteiger partial charge in [0.1, 0.15) is 5.75 Å². The molecule has 0 aliphatic carbocycles. The maximum Gasteiger partial charge on any atom is 0.573 e. The fourth-order valence-electron chi connectivity index (χ4n) is 1.83. The molecule has 0 unspecified atom stereocenters. The number of carboxylic acid groups (broad SMARTS) is 1.